The fraction of sp³-hybridized carbons (Fsp3) is 0.278. The minimum absolute atomic E-state index is 0.0259. The van der Waals surface area contributed by atoms with Crippen LogP contribution in [0.15, 0.2) is 42.9 Å². The number of aryl methyl sites for hydroxylation is 1. The highest BCUT2D eigenvalue weighted by Crippen LogP contribution is 2.25. The Balaban J connectivity index is 1.57. The van der Waals surface area contributed by atoms with Crippen LogP contribution in [0.4, 0.5) is 0 Å². The molecule has 1 N–H and O–H groups in total. The van der Waals surface area contributed by atoms with E-state index in [-0.39, 0.29) is 11.9 Å². The summed E-state index contributed by atoms with van der Waals surface area (Å²) in [6, 6.07) is 9.57. The average molecular weight is 356 g/mol. The molecule has 128 valence electrons. The lowest BCUT2D eigenvalue weighted by atomic mass is 10.0. The Morgan fingerprint density at radius 3 is 3.00 bits per heavy atom. The molecule has 6 nitrogen and oxygen atoms in total. The van der Waals surface area contributed by atoms with Crippen LogP contribution in [0.5, 0.6) is 0 Å². The molecule has 1 fully saturated rings. The summed E-state index contributed by atoms with van der Waals surface area (Å²) in [5, 5.41) is 4.15. The first-order valence-electron chi connectivity index (χ1n) is 8.17. The van der Waals surface area contributed by atoms with Gasteiger partial charge in [-0.25, -0.2) is 9.97 Å². The van der Waals surface area contributed by atoms with Crippen LogP contribution >= 0.6 is 11.6 Å². The van der Waals surface area contributed by atoms with E-state index in [4.69, 9.17) is 11.6 Å². The number of piperazine rings is 1. The van der Waals surface area contributed by atoms with Gasteiger partial charge in [0.05, 0.1) is 17.9 Å². The lowest BCUT2D eigenvalue weighted by Gasteiger charge is -2.34. The monoisotopic (exact) mass is 355 g/mol. The smallest absolute Gasteiger partial charge is 0.255 e. The van der Waals surface area contributed by atoms with Gasteiger partial charge in [-0.15, -0.1) is 0 Å². The third-order valence-corrected chi connectivity index (χ3v) is 4.89. The molecular formula is C18H18ClN5O. The molecule has 4 rings (SSSR count). The summed E-state index contributed by atoms with van der Waals surface area (Å²) in [5.41, 5.74) is 3.07. The molecule has 1 saturated heterocycles. The number of hydrogen-bond donors (Lipinski definition) is 1. The Kier molecular flexibility index (Phi) is 4.15. The standard InChI is InChI=1S/C18H18ClN5O/c1-23-11-22-15-8-12(9-21-17(15)23)18(25)24-7-6-20-16(10-24)13-4-2-3-5-14(13)19/h2-5,8-9,11,16,20H,6-7,10H2,1H3. The number of halogens is 1. The minimum Gasteiger partial charge on any atom is -0.335 e. The zero-order valence-corrected chi connectivity index (χ0v) is 14.6. The molecule has 1 aliphatic heterocycles. The predicted molar refractivity (Wildman–Crippen MR) is 96.6 cm³/mol. The molecule has 1 unspecified atom stereocenters. The fourth-order valence-electron chi connectivity index (χ4n) is 3.22. The number of rotatable bonds is 2. The molecule has 1 atom stereocenters. The quantitative estimate of drug-likeness (QED) is 0.766. The first-order chi connectivity index (χ1) is 12.1. The zero-order chi connectivity index (χ0) is 17.4. The van der Waals surface area contributed by atoms with Crippen molar-refractivity contribution < 1.29 is 4.79 Å². The molecule has 0 saturated carbocycles. The molecule has 3 aromatic rings. The van der Waals surface area contributed by atoms with Crippen LogP contribution in [0.2, 0.25) is 5.02 Å². The molecular weight excluding hydrogens is 338 g/mol. The summed E-state index contributed by atoms with van der Waals surface area (Å²) in [7, 11) is 1.88. The van der Waals surface area contributed by atoms with E-state index in [1.165, 1.54) is 0 Å². The van der Waals surface area contributed by atoms with Gasteiger partial charge in [-0.2, -0.15) is 0 Å². The van der Waals surface area contributed by atoms with Gasteiger partial charge in [0.15, 0.2) is 5.65 Å². The van der Waals surface area contributed by atoms with Crippen molar-refractivity contribution >= 4 is 28.7 Å². The number of nitrogens with zero attached hydrogens (tertiary/aromatic N) is 4. The average Bonchev–Trinajstić information content (AvgIpc) is 3.02. The zero-order valence-electron chi connectivity index (χ0n) is 13.8. The normalized spacial score (nSPS) is 17.8. The number of imidazole rings is 1. The van der Waals surface area contributed by atoms with Crippen LogP contribution in [0.25, 0.3) is 11.2 Å². The number of amides is 1. The van der Waals surface area contributed by atoms with Crippen LogP contribution in [0.1, 0.15) is 22.0 Å². The van der Waals surface area contributed by atoms with E-state index < -0.39 is 0 Å². The number of benzene rings is 1. The highest BCUT2D eigenvalue weighted by molar-refractivity contribution is 6.31. The highest BCUT2D eigenvalue weighted by atomic mass is 35.5. The van der Waals surface area contributed by atoms with Crippen molar-refractivity contribution in [2.75, 3.05) is 19.6 Å². The second kappa shape index (κ2) is 6.46. The maximum Gasteiger partial charge on any atom is 0.255 e. The summed E-state index contributed by atoms with van der Waals surface area (Å²) in [5.74, 6) is -0.0291. The molecule has 3 heterocycles. The number of fused-ring (bicyclic) bond motifs is 1. The maximum atomic E-state index is 12.9. The molecule has 0 radical (unpaired) electrons. The van der Waals surface area contributed by atoms with Crippen LogP contribution in [-0.4, -0.2) is 45.0 Å². The highest BCUT2D eigenvalue weighted by Gasteiger charge is 2.26. The van der Waals surface area contributed by atoms with Crippen molar-refractivity contribution in [3.05, 3.63) is 59.0 Å². The summed E-state index contributed by atoms with van der Waals surface area (Å²) in [6.07, 6.45) is 3.32. The Labute approximate surface area is 150 Å². The van der Waals surface area contributed by atoms with Crippen LogP contribution < -0.4 is 5.32 Å². The Morgan fingerprint density at radius 2 is 2.16 bits per heavy atom. The molecule has 25 heavy (non-hydrogen) atoms. The number of carbonyl (C=O) groups is 1. The van der Waals surface area contributed by atoms with Crippen LogP contribution in [0.3, 0.4) is 0 Å². The summed E-state index contributed by atoms with van der Waals surface area (Å²) in [4.78, 5) is 23.4. The van der Waals surface area contributed by atoms with Crippen LogP contribution in [-0.2, 0) is 7.05 Å². The molecule has 0 spiro atoms. The third kappa shape index (κ3) is 2.99. The van der Waals surface area contributed by atoms with Gasteiger partial charge in [-0.1, -0.05) is 29.8 Å². The van der Waals surface area contributed by atoms with Crippen molar-refractivity contribution in [1.82, 2.24) is 24.8 Å². The summed E-state index contributed by atoms with van der Waals surface area (Å²) in [6.45, 7) is 1.95. The fourth-order valence-corrected chi connectivity index (χ4v) is 3.48. The van der Waals surface area contributed by atoms with Gasteiger partial charge in [-0.05, 0) is 17.7 Å². The third-order valence-electron chi connectivity index (χ3n) is 4.54. The van der Waals surface area contributed by atoms with Gasteiger partial charge in [0.2, 0.25) is 0 Å². The maximum absolute atomic E-state index is 12.9. The first-order valence-corrected chi connectivity index (χ1v) is 8.55. The van der Waals surface area contributed by atoms with Gasteiger partial charge in [0.1, 0.15) is 5.52 Å². The molecule has 0 bridgehead atoms. The van der Waals surface area contributed by atoms with Gasteiger partial charge in [-0.3, -0.25) is 4.79 Å². The van der Waals surface area contributed by atoms with Crippen molar-refractivity contribution in [3.8, 4) is 0 Å². The van der Waals surface area contributed by atoms with Gasteiger partial charge in [0, 0.05) is 37.9 Å². The molecule has 1 amide bonds. The second-order valence-corrected chi connectivity index (χ2v) is 6.61. The van der Waals surface area contributed by atoms with E-state index in [1.807, 2.05) is 40.8 Å². The number of pyridine rings is 1. The molecule has 0 aliphatic carbocycles. The Hall–Kier alpha value is -2.44. The molecule has 1 aromatic carbocycles. The van der Waals surface area contributed by atoms with E-state index in [2.05, 4.69) is 15.3 Å². The van der Waals surface area contributed by atoms with Crippen molar-refractivity contribution in [1.29, 1.82) is 0 Å². The van der Waals surface area contributed by atoms with Gasteiger partial charge < -0.3 is 14.8 Å². The van der Waals surface area contributed by atoms with E-state index in [9.17, 15) is 4.79 Å². The summed E-state index contributed by atoms with van der Waals surface area (Å²) >= 11 is 6.31. The van der Waals surface area contributed by atoms with E-state index in [0.717, 1.165) is 23.3 Å². The topological polar surface area (TPSA) is 63.1 Å². The van der Waals surface area contributed by atoms with Crippen molar-refractivity contribution in [2.45, 2.75) is 6.04 Å². The largest absolute Gasteiger partial charge is 0.335 e. The Morgan fingerprint density at radius 1 is 1.32 bits per heavy atom. The van der Waals surface area contributed by atoms with Crippen molar-refractivity contribution in [3.63, 3.8) is 0 Å². The lowest BCUT2D eigenvalue weighted by molar-refractivity contribution is 0.0702. The van der Waals surface area contributed by atoms with Gasteiger partial charge >= 0.3 is 0 Å². The first kappa shape index (κ1) is 16.1. The Bertz CT molecular complexity index is 938. The molecule has 1 aliphatic rings. The predicted octanol–water partition coefficient (Wildman–Crippen LogP) is 2.41. The van der Waals surface area contributed by atoms with E-state index >= 15 is 0 Å². The number of aromatic nitrogens is 3. The lowest BCUT2D eigenvalue weighted by Crippen LogP contribution is -2.48. The number of nitrogens with one attached hydrogen (secondary N) is 1. The minimum atomic E-state index is -0.0291. The summed E-state index contributed by atoms with van der Waals surface area (Å²) < 4.78 is 1.84. The van der Waals surface area contributed by atoms with E-state index in [1.54, 1.807) is 18.6 Å². The number of carbonyl (C=O) groups excluding carboxylic acids is 1. The number of hydrogen-bond acceptors (Lipinski definition) is 4. The molecule has 2 aromatic heterocycles. The second-order valence-electron chi connectivity index (χ2n) is 6.20. The molecule has 7 heteroatoms. The van der Waals surface area contributed by atoms with Crippen molar-refractivity contribution in [2.24, 2.45) is 7.05 Å². The van der Waals surface area contributed by atoms with Gasteiger partial charge in [0.25, 0.3) is 5.91 Å². The SMILES string of the molecule is Cn1cnc2cc(C(=O)N3CCNC(c4ccccc4Cl)C3)cnc21. The van der Waals surface area contributed by atoms with Crippen LogP contribution in [0, 0.1) is 0 Å². The van der Waals surface area contributed by atoms with E-state index in [0.29, 0.717) is 23.7 Å².